The number of hydrogen-bond acceptors (Lipinski definition) is 3. The maximum absolute atomic E-state index is 11.7. The summed E-state index contributed by atoms with van der Waals surface area (Å²) in [6.45, 7) is 8.35. The van der Waals surface area contributed by atoms with E-state index in [-0.39, 0.29) is 12.1 Å². The minimum Gasteiger partial charge on any atom is -0.491 e. The molecule has 0 bridgehead atoms. The van der Waals surface area contributed by atoms with Gasteiger partial charge in [0, 0.05) is 0 Å². The Labute approximate surface area is 103 Å². The molecule has 0 unspecified atom stereocenters. The van der Waals surface area contributed by atoms with Crippen molar-refractivity contribution in [2.24, 2.45) is 5.92 Å². The molecule has 0 aliphatic heterocycles. The molecule has 0 saturated carbocycles. The summed E-state index contributed by atoms with van der Waals surface area (Å²) in [6, 6.07) is 7.07. The van der Waals surface area contributed by atoms with Gasteiger partial charge in [0.1, 0.15) is 5.75 Å². The van der Waals surface area contributed by atoms with Gasteiger partial charge in [-0.25, -0.2) is 4.79 Å². The van der Waals surface area contributed by atoms with Crippen LogP contribution < -0.4 is 4.74 Å². The largest absolute Gasteiger partial charge is 0.491 e. The Balaban J connectivity index is 2.67. The zero-order valence-electron chi connectivity index (χ0n) is 10.9. The zero-order chi connectivity index (χ0) is 12.8. The van der Waals surface area contributed by atoms with Gasteiger partial charge in [-0.3, -0.25) is 0 Å². The van der Waals surface area contributed by atoms with E-state index in [1.165, 1.54) is 0 Å². The molecule has 0 heterocycles. The first kappa shape index (κ1) is 13.6. The number of ether oxygens (including phenoxy) is 2. The Morgan fingerprint density at radius 3 is 2.53 bits per heavy atom. The number of rotatable bonds is 5. The van der Waals surface area contributed by atoms with Gasteiger partial charge in [0.05, 0.1) is 18.3 Å². The first-order chi connectivity index (χ1) is 7.99. The molecule has 0 saturated heterocycles. The third kappa shape index (κ3) is 4.89. The normalized spacial score (nSPS) is 10.7. The Bertz CT molecular complexity index is 369. The van der Waals surface area contributed by atoms with Crippen molar-refractivity contribution in [2.75, 3.05) is 6.61 Å². The molecule has 0 aliphatic rings. The van der Waals surface area contributed by atoms with Gasteiger partial charge < -0.3 is 9.47 Å². The van der Waals surface area contributed by atoms with E-state index in [9.17, 15) is 4.79 Å². The molecule has 0 aromatic heterocycles. The Kier molecular flexibility index (Phi) is 5.01. The number of esters is 1. The van der Waals surface area contributed by atoms with Gasteiger partial charge in [-0.1, -0.05) is 19.9 Å². The van der Waals surface area contributed by atoms with Crippen LogP contribution in [0.25, 0.3) is 0 Å². The molecular formula is C14H20O3. The smallest absolute Gasteiger partial charge is 0.338 e. The summed E-state index contributed by atoms with van der Waals surface area (Å²) < 4.78 is 10.7. The van der Waals surface area contributed by atoms with Crippen LogP contribution in [0.15, 0.2) is 24.3 Å². The van der Waals surface area contributed by atoms with Gasteiger partial charge in [-0.15, -0.1) is 0 Å². The summed E-state index contributed by atoms with van der Waals surface area (Å²) >= 11 is 0. The van der Waals surface area contributed by atoms with Gasteiger partial charge in [-0.05, 0) is 38.0 Å². The minimum absolute atomic E-state index is 0.0944. The molecule has 1 aromatic carbocycles. The molecule has 0 atom stereocenters. The topological polar surface area (TPSA) is 35.5 Å². The van der Waals surface area contributed by atoms with E-state index < -0.39 is 0 Å². The second-order valence-corrected chi connectivity index (χ2v) is 4.69. The highest BCUT2D eigenvalue weighted by Gasteiger charge is 2.09. The minimum atomic E-state index is -0.298. The molecule has 3 heteroatoms. The maximum Gasteiger partial charge on any atom is 0.338 e. The van der Waals surface area contributed by atoms with Gasteiger partial charge in [-0.2, -0.15) is 0 Å². The third-order valence-corrected chi connectivity index (χ3v) is 1.99. The molecule has 0 aliphatic carbocycles. The van der Waals surface area contributed by atoms with Crippen LogP contribution >= 0.6 is 0 Å². The van der Waals surface area contributed by atoms with Gasteiger partial charge >= 0.3 is 5.97 Å². The summed E-state index contributed by atoms with van der Waals surface area (Å²) in [6.07, 6.45) is 0.0944. The van der Waals surface area contributed by atoms with Crippen molar-refractivity contribution >= 4 is 5.97 Å². The SMILES string of the molecule is CC(C)COC(=O)c1cccc(OC(C)C)c1. The average Bonchev–Trinajstić information content (AvgIpc) is 2.25. The molecule has 94 valence electrons. The predicted octanol–water partition coefficient (Wildman–Crippen LogP) is 3.29. The van der Waals surface area contributed by atoms with E-state index in [0.717, 1.165) is 0 Å². The lowest BCUT2D eigenvalue weighted by atomic mass is 10.2. The van der Waals surface area contributed by atoms with Gasteiger partial charge in [0.25, 0.3) is 0 Å². The second-order valence-electron chi connectivity index (χ2n) is 4.69. The highest BCUT2D eigenvalue weighted by atomic mass is 16.5. The van der Waals surface area contributed by atoms with E-state index in [2.05, 4.69) is 0 Å². The standard InChI is InChI=1S/C14H20O3/c1-10(2)9-16-14(15)12-6-5-7-13(8-12)17-11(3)4/h5-8,10-11H,9H2,1-4H3. The molecular weight excluding hydrogens is 216 g/mol. The van der Waals surface area contributed by atoms with Crippen LogP contribution in [0.4, 0.5) is 0 Å². The van der Waals surface area contributed by atoms with Crippen LogP contribution in [-0.2, 0) is 4.74 Å². The van der Waals surface area contributed by atoms with Crippen LogP contribution in [0.5, 0.6) is 5.75 Å². The van der Waals surface area contributed by atoms with Crippen LogP contribution in [-0.4, -0.2) is 18.7 Å². The summed E-state index contributed by atoms with van der Waals surface area (Å²) in [5, 5.41) is 0. The molecule has 0 fully saturated rings. The van der Waals surface area contributed by atoms with Crippen molar-refractivity contribution in [3.05, 3.63) is 29.8 Å². The van der Waals surface area contributed by atoms with E-state index in [1.54, 1.807) is 18.2 Å². The molecule has 0 amide bonds. The molecule has 3 nitrogen and oxygen atoms in total. The fourth-order valence-electron chi connectivity index (χ4n) is 1.29. The highest BCUT2D eigenvalue weighted by molar-refractivity contribution is 5.89. The lowest BCUT2D eigenvalue weighted by molar-refractivity contribution is 0.0458. The van der Waals surface area contributed by atoms with Crippen molar-refractivity contribution in [3.8, 4) is 5.75 Å². The summed E-state index contributed by atoms with van der Waals surface area (Å²) in [7, 11) is 0. The van der Waals surface area contributed by atoms with Crippen LogP contribution in [0, 0.1) is 5.92 Å². The highest BCUT2D eigenvalue weighted by Crippen LogP contribution is 2.15. The van der Waals surface area contributed by atoms with E-state index in [0.29, 0.717) is 23.8 Å². The zero-order valence-corrected chi connectivity index (χ0v) is 10.9. The number of carbonyl (C=O) groups excluding carboxylic acids is 1. The maximum atomic E-state index is 11.7. The first-order valence-electron chi connectivity index (χ1n) is 5.93. The summed E-state index contributed by atoms with van der Waals surface area (Å²) in [5.74, 6) is 0.737. The van der Waals surface area contributed by atoms with Crippen molar-refractivity contribution in [3.63, 3.8) is 0 Å². The quantitative estimate of drug-likeness (QED) is 0.736. The molecule has 0 N–H and O–H groups in total. The van der Waals surface area contributed by atoms with Crippen molar-refractivity contribution in [2.45, 2.75) is 33.8 Å². The van der Waals surface area contributed by atoms with Crippen molar-refractivity contribution in [1.82, 2.24) is 0 Å². The Morgan fingerprint density at radius 1 is 1.24 bits per heavy atom. The van der Waals surface area contributed by atoms with Crippen molar-refractivity contribution in [1.29, 1.82) is 0 Å². The van der Waals surface area contributed by atoms with E-state index >= 15 is 0 Å². The Morgan fingerprint density at radius 2 is 1.94 bits per heavy atom. The van der Waals surface area contributed by atoms with Crippen molar-refractivity contribution < 1.29 is 14.3 Å². The van der Waals surface area contributed by atoms with Crippen LogP contribution in [0.2, 0.25) is 0 Å². The summed E-state index contributed by atoms with van der Waals surface area (Å²) in [4.78, 5) is 11.7. The van der Waals surface area contributed by atoms with Crippen LogP contribution in [0.1, 0.15) is 38.1 Å². The van der Waals surface area contributed by atoms with E-state index in [1.807, 2.05) is 33.8 Å². The number of carbonyl (C=O) groups is 1. The van der Waals surface area contributed by atoms with Crippen LogP contribution in [0.3, 0.4) is 0 Å². The summed E-state index contributed by atoms with van der Waals surface area (Å²) in [5.41, 5.74) is 0.531. The van der Waals surface area contributed by atoms with E-state index in [4.69, 9.17) is 9.47 Å². The average molecular weight is 236 g/mol. The number of benzene rings is 1. The monoisotopic (exact) mass is 236 g/mol. The first-order valence-corrected chi connectivity index (χ1v) is 5.93. The molecule has 1 aromatic rings. The molecule has 0 radical (unpaired) electrons. The fraction of sp³-hybridized carbons (Fsp3) is 0.500. The number of hydrogen-bond donors (Lipinski definition) is 0. The molecule has 17 heavy (non-hydrogen) atoms. The van der Waals surface area contributed by atoms with Gasteiger partial charge in [0.15, 0.2) is 0 Å². The lowest BCUT2D eigenvalue weighted by Crippen LogP contribution is -2.11. The predicted molar refractivity (Wildman–Crippen MR) is 67.3 cm³/mol. The lowest BCUT2D eigenvalue weighted by Gasteiger charge is -2.11. The van der Waals surface area contributed by atoms with Gasteiger partial charge in [0.2, 0.25) is 0 Å². The molecule has 1 rings (SSSR count). The third-order valence-electron chi connectivity index (χ3n) is 1.99. The fourth-order valence-corrected chi connectivity index (χ4v) is 1.29. The molecule has 0 spiro atoms. The Hall–Kier alpha value is -1.51. The second kappa shape index (κ2) is 6.28.